The number of nitro benzene ring substituents is 1. The molecule has 0 bridgehead atoms. The standard InChI is InChI=1S/C24H30N2O6/c1-6-12-31-23(27)20-15(4)25(18-10-11-18)16(5)21(24(28)32-14(2)3)22(20)17-8-7-9-19(13-17)26(29)30/h7-9,13-14,18,22H,6,10-12H2,1-5H3. The lowest BCUT2D eigenvalue weighted by molar-refractivity contribution is -0.384. The van der Waals surface area contributed by atoms with Gasteiger partial charge >= 0.3 is 11.9 Å². The van der Waals surface area contributed by atoms with Crippen LogP contribution in [0.1, 0.15) is 65.4 Å². The predicted octanol–water partition coefficient (Wildman–Crippen LogP) is 4.61. The number of ether oxygens (including phenoxy) is 2. The van der Waals surface area contributed by atoms with E-state index in [1.54, 1.807) is 26.0 Å². The molecule has 32 heavy (non-hydrogen) atoms. The van der Waals surface area contributed by atoms with Crippen molar-refractivity contribution in [2.75, 3.05) is 6.61 Å². The Bertz CT molecular complexity index is 990. The molecule has 0 radical (unpaired) electrons. The van der Waals surface area contributed by atoms with Crippen molar-refractivity contribution >= 4 is 17.6 Å². The molecular formula is C24H30N2O6. The number of hydrogen-bond donors (Lipinski definition) is 0. The molecule has 8 heteroatoms. The predicted molar refractivity (Wildman–Crippen MR) is 119 cm³/mol. The van der Waals surface area contributed by atoms with E-state index in [0.717, 1.165) is 12.8 Å². The number of rotatable bonds is 8. The second-order valence-corrected chi connectivity index (χ2v) is 8.47. The summed E-state index contributed by atoms with van der Waals surface area (Å²) in [6.45, 7) is 9.36. The van der Waals surface area contributed by atoms with Crippen molar-refractivity contribution in [3.8, 4) is 0 Å². The van der Waals surface area contributed by atoms with E-state index in [-0.39, 0.29) is 24.4 Å². The summed E-state index contributed by atoms with van der Waals surface area (Å²) in [6, 6.07) is 6.26. The van der Waals surface area contributed by atoms with E-state index in [4.69, 9.17) is 9.47 Å². The topological polar surface area (TPSA) is 99.0 Å². The van der Waals surface area contributed by atoms with Crippen LogP contribution in [0.2, 0.25) is 0 Å². The number of esters is 2. The van der Waals surface area contributed by atoms with E-state index in [1.807, 2.05) is 25.7 Å². The molecule has 1 atom stereocenters. The molecule has 1 aliphatic heterocycles. The second-order valence-electron chi connectivity index (χ2n) is 8.47. The lowest BCUT2D eigenvalue weighted by atomic mass is 9.79. The molecule has 0 amide bonds. The first-order chi connectivity index (χ1) is 15.2. The van der Waals surface area contributed by atoms with Crippen LogP contribution in [0.4, 0.5) is 5.69 Å². The van der Waals surface area contributed by atoms with Gasteiger partial charge in [0.25, 0.3) is 5.69 Å². The molecule has 1 fully saturated rings. The van der Waals surface area contributed by atoms with E-state index < -0.39 is 22.8 Å². The summed E-state index contributed by atoms with van der Waals surface area (Å²) in [6.07, 6.45) is 2.22. The number of carbonyl (C=O) groups is 2. The minimum atomic E-state index is -0.819. The van der Waals surface area contributed by atoms with Crippen LogP contribution in [0.5, 0.6) is 0 Å². The zero-order chi connectivity index (χ0) is 23.6. The third-order valence-electron chi connectivity index (χ3n) is 5.63. The van der Waals surface area contributed by atoms with Gasteiger partial charge in [0.2, 0.25) is 0 Å². The van der Waals surface area contributed by atoms with Crippen LogP contribution in [-0.4, -0.2) is 40.5 Å². The molecule has 8 nitrogen and oxygen atoms in total. The number of hydrogen-bond acceptors (Lipinski definition) is 7. The third-order valence-corrected chi connectivity index (χ3v) is 5.63. The molecule has 172 valence electrons. The van der Waals surface area contributed by atoms with Crippen LogP contribution in [0.3, 0.4) is 0 Å². The zero-order valence-corrected chi connectivity index (χ0v) is 19.2. The molecule has 0 spiro atoms. The van der Waals surface area contributed by atoms with Gasteiger partial charge in [-0.1, -0.05) is 19.1 Å². The maximum Gasteiger partial charge on any atom is 0.337 e. The number of nitrogens with zero attached hydrogens (tertiary/aromatic N) is 2. The van der Waals surface area contributed by atoms with E-state index in [2.05, 4.69) is 0 Å². The highest BCUT2D eigenvalue weighted by molar-refractivity contribution is 6.00. The molecule has 3 rings (SSSR count). The van der Waals surface area contributed by atoms with Crippen LogP contribution in [0.25, 0.3) is 0 Å². The van der Waals surface area contributed by atoms with Gasteiger partial charge in [-0.05, 0) is 52.5 Å². The molecule has 0 aromatic heterocycles. The van der Waals surface area contributed by atoms with E-state index in [1.165, 1.54) is 12.1 Å². The SMILES string of the molecule is CCCOC(=O)C1=C(C)N(C2CC2)C(C)=C(C(=O)OC(C)C)C1c1cccc([N+](=O)[O-])c1. The van der Waals surface area contributed by atoms with E-state index >= 15 is 0 Å². The smallest absolute Gasteiger partial charge is 0.337 e. The van der Waals surface area contributed by atoms with E-state index in [9.17, 15) is 19.7 Å². The summed E-state index contributed by atoms with van der Waals surface area (Å²) in [5.74, 6) is -1.87. The molecule has 1 saturated carbocycles. The first kappa shape index (κ1) is 23.5. The number of benzene rings is 1. The molecule has 1 heterocycles. The molecule has 0 N–H and O–H groups in total. The van der Waals surface area contributed by atoms with Crippen LogP contribution in [0, 0.1) is 10.1 Å². The summed E-state index contributed by atoms with van der Waals surface area (Å²) < 4.78 is 11.0. The van der Waals surface area contributed by atoms with Crippen molar-refractivity contribution in [1.82, 2.24) is 4.90 Å². The third kappa shape index (κ3) is 4.69. The first-order valence-corrected chi connectivity index (χ1v) is 11.0. The molecule has 1 aliphatic carbocycles. The quantitative estimate of drug-likeness (QED) is 0.329. The van der Waals surface area contributed by atoms with Crippen molar-refractivity contribution < 1.29 is 24.0 Å². The fraction of sp³-hybridized carbons (Fsp3) is 0.500. The van der Waals surface area contributed by atoms with Gasteiger partial charge in [0.05, 0.1) is 34.7 Å². The highest BCUT2D eigenvalue weighted by Crippen LogP contribution is 2.47. The maximum atomic E-state index is 13.3. The van der Waals surface area contributed by atoms with Crippen LogP contribution in [0.15, 0.2) is 46.8 Å². The van der Waals surface area contributed by atoms with Crippen LogP contribution >= 0.6 is 0 Å². The lowest BCUT2D eigenvalue weighted by Crippen LogP contribution is -2.37. The highest BCUT2D eigenvalue weighted by atomic mass is 16.6. The molecule has 1 aromatic rings. The van der Waals surface area contributed by atoms with Crippen molar-refractivity contribution in [2.45, 2.75) is 71.9 Å². The van der Waals surface area contributed by atoms with Gasteiger partial charge in [-0.3, -0.25) is 10.1 Å². The first-order valence-electron chi connectivity index (χ1n) is 11.0. The summed E-state index contributed by atoms with van der Waals surface area (Å²) in [7, 11) is 0. The average molecular weight is 443 g/mol. The van der Waals surface area contributed by atoms with Crippen molar-refractivity contribution in [3.63, 3.8) is 0 Å². The number of nitro groups is 1. The largest absolute Gasteiger partial charge is 0.462 e. The molecular weight excluding hydrogens is 412 g/mol. The Balaban J connectivity index is 2.23. The Morgan fingerprint density at radius 2 is 1.78 bits per heavy atom. The second kappa shape index (κ2) is 9.54. The van der Waals surface area contributed by atoms with Gasteiger partial charge in [0.15, 0.2) is 0 Å². The Morgan fingerprint density at radius 1 is 1.16 bits per heavy atom. The number of allylic oxidation sites excluding steroid dienone is 2. The Kier molecular flexibility index (Phi) is 7.01. The van der Waals surface area contributed by atoms with Crippen LogP contribution in [-0.2, 0) is 19.1 Å². The summed E-state index contributed by atoms with van der Waals surface area (Å²) in [4.78, 5) is 39.5. The molecule has 0 saturated heterocycles. The Labute approximate surface area is 188 Å². The normalized spacial score (nSPS) is 18.8. The molecule has 1 unspecified atom stereocenters. The van der Waals surface area contributed by atoms with Crippen molar-refractivity contribution in [3.05, 3.63) is 62.5 Å². The highest BCUT2D eigenvalue weighted by Gasteiger charge is 2.44. The molecule has 1 aromatic carbocycles. The number of carbonyl (C=O) groups excluding carboxylic acids is 2. The van der Waals surface area contributed by atoms with Gasteiger partial charge < -0.3 is 14.4 Å². The average Bonchev–Trinajstić information content (AvgIpc) is 3.56. The van der Waals surface area contributed by atoms with Gasteiger partial charge in [0.1, 0.15) is 0 Å². The lowest BCUT2D eigenvalue weighted by Gasteiger charge is -2.38. The van der Waals surface area contributed by atoms with Gasteiger partial charge in [-0.25, -0.2) is 9.59 Å². The minimum Gasteiger partial charge on any atom is -0.462 e. The fourth-order valence-corrected chi connectivity index (χ4v) is 4.19. The summed E-state index contributed by atoms with van der Waals surface area (Å²) in [5.41, 5.74) is 2.43. The van der Waals surface area contributed by atoms with Gasteiger partial charge in [0, 0.05) is 29.6 Å². The Hall–Kier alpha value is -3.16. The Morgan fingerprint density at radius 3 is 2.31 bits per heavy atom. The zero-order valence-electron chi connectivity index (χ0n) is 19.2. The number of non-ortho nitro benzene ring substituents is 1. The summed E-state index contributed by atoms with van der Waals surface area (Å²) in [5, 5.41) is 11.4. The van der Waals surface area contributed by atoms with Crippen molar-refractivity contribution in [1.29, 1.82) is 0 Å². The maximum absolute atomic E-state index is 13.3. The van der Waals surface area contributed by atoms with Gasteiger partial charge in [-0.2, -0.15) is 0 Å². The van der Waals surface area contributed by atoms with Crippen LogP contribution < -0.4 is 0 Å². The van der Waals surface area contributed by atoms with E-state index in [0.29, 0.717) is 34.5 Å². The monoisotopic (exact) mass is 442 g/mol. The minimum absolute atomic E-state index is 0.111. The molecule has 2 aliphatic rings. The summed E-state index contributed by atoms with van der Waals surface area (Å²) >= 11 is 0. The van der Waals surface area contributed by atoms with Crippen molar-refractivity contribution in [2.24, 2.45) is 0 Å². The van der Waals surface area contributed by atoms with Gasteiger partial charge in [-0.15, -0.1) is 0 Å². The fourth-order valence-electron chi connectivity index (χ4n) is 4.19.